The van der Waals surface area contributed by atoms with Gasteiger partial charge in [-0.2, -0.15) is 0 Å². The Morgan fingerprint density at radius 2 is 2.57 bits per heavy atom. The molecule has 0 aliphatic rings. The predicted molar refractivity (Wildman–Crippen MR) is 25.2 cm³/mol. The minimum atomic E-state index is -0.635. The molecule has 1 aromatic heterocycles. The second kappa shape index (κ2) is 2.64. The molecule has 0 amide bonds. The Bertz CT molecular complexity index is 126. The van der Waals surface area contributed by atoms with E-state index in [0.717, 1.165) is 2.88 Å². The van der Waals surface area contributed by atoms with Crippen molar-refractivity contribution in [2.75, 3.05) is 0 Å². The Morgan fingerprint density at radius 3 is 2.86 bits per heavy atom. The first-order valence-electron chi connectivity index (χ1n) is 1.75. The summed E-state index contributed by atoms with van der Waals surface area (Å²) in [6, 6.07) is 3.91. The van der Waals surface area contributed by atoms with Gasteiger partial charge in [-0.25, -0.2) is 0 Å². The maximum absolute atomic E-state index is 8.55. The van der Waals surface area contributed by atoms with E-state index >= 15 is 0 Å². The van der Waals surface area contributed by atoms with Gasteiger partial charge < -0.3 is 0 Å². The van der Waals surface area contributed by atoms with Crippen LogP contribution >= 0.6 is 11.3 Å². The molecule has 3 heteroatoms. The van der Waals surface area contributed by atoms with Crippen molar-refractivity contribution in [2.45, 2.75) is 0 Å². The molecule has 0 saturated carbocycles. The van der Waals surface area contributed by atoms with Crippen LogP contribution in [0.3, 0.4) is 0 Å². The number of hydrogen-bond donors (Lipinski definition) is 1. The molecule has 1 aromatic rings. The van der Waals surface area contributed by atoms with Crippen LogP contribution in [0.1, 0.15) is 0 Å². The van der Waals surface area contributed by atoms with Gasteiger partial charge in [0.2, 0.25) is 0 Å². The Morgan fingerprint density at radius 1 is 1.71 bits per heavy atom. The van der Waals surface area contributed by atoms with Gasteiger partial charge in [0.1, 0.15) is 0 Å². The topological polar surface area (TPSA) is 20.2 Å². The van der Waals surface area contributed by atoms with Gasteiger partial charge in [-0.15, -0.1) is 0 Å². The van der Waals surface area contributed by atoms with Crippen LogP contribution < -0.4 is 21.6 Å². The molecule has 7 heavy (non-hydrogen) atoms. The molecule has 0 saturated heterocycles. The van der Waals surface area contributed by atoms with Crippen LogP contribution in [0.4, 0.5) is 0 Å². The molecule has 1 N–H and O–H groups in total. The zero-order valence-electron chi connectivity index (χ0n) is 3.47. The van der Waals surface area contributed by atoms with Crippen LogP contribution in [0.2, 0.25) is 0 Å². The molecule has 0 aromatic carbocycles. The van der Waals surface area contributed by atoms with Gasteiger partial charge >= 0.3 is 56.8 Å². The zero-order chi connectivity index (χ0) is 5.11. The van der Waals surface area contributed by atoms with Gasteiger partial charge in [0.15, 0.2) is 0 Å². The van der Waals surface area contributed by atoms with Crippen LogP contribution in [0.15, 0.2) is 17.5 Å². The summed E-state index contributed by atoms with van der Waals surface area (Å²) in [6.45, 7) is 0. The van der Waals surface area contributed by atoms with Gasteiger partial charge in [-0.1, -0.05) is 0 Å². The Balaban J connectivity index is 2.76. The van der Waals surface area contributed by atoms with Crippen molar-refractivity contribution in [3.05, 3.63) is 20.4 Å². The van der Waals surface area contributed by atoms with Crippen molar-refractivity contribution in [1.82, 2.24) is 0 Å². The van der Waals surface area contributed by atoms with Crippen molar-refractivity contribution in [3.63, 3.8) is 0 Å². The maximum atomic E-state index is 8.55. The Labute approximate surface area is 56.8 Å². The number of halogens is 1. The zero-order valence-corrected chi connectivity index (χ0v) is 6.44. The average Bonchev–Trinajstić information content (AvgIpc) is 2.14. The van der Waals surface area contributed by atoms with Crippen molar-refractivity contribution < 1.29 is 25.1 Å². The number of hydrogen-bond acceptors (Lipinski definition) is 2. The summed E-state index contributed by atoms with van der Waals surface area (Å²) in [5.74, 6) is 0. The van der Waals surface area contributed by atoms with E-state index in [1.54, 1.807) is 11.3 Å². The van der Waals surface area contributed by atoms with Gasteiger partial charge in [-0.3, -0.25) is 0 Å². The molecule has 0 spiro atoms. The fourth-order valence-electron chi connectivity index (χ4n) is 0.307. The van der Waals surface area contributed by atoms with Gasteiger partial charge in [-0.05, 0) is 0 Å². The molecule has 40 valence electrons. The average molecular weight is 227 g/mol. The Hall–Kier alpha value is 0.390. The summed E-state index contributed by atoms with van der Waals surface area (Å²) < 4.78 is 9.68. The minimum absolute atomic E-state index is 0.635. The molecule has 0 bridgehead atoms. The summed E-state index contributed by atoms with van der Waals surface area (Å²) in [6.07, 6.45) is 0. The van der Waals surface area contributed by atoms with Crippen LogP contribution in [-0.2, 0) is 0 Å². The summed E-state index contributed by atoms with van der Waals surface area (Å²) in [4.78, 5) is 0. The monoisotopic (exact) mass is 227 g/mol. The van der Waals surface area contributed by atoms with E-state index in [4.69, 9.17) is 3.44 Å². The number of rotatable bonds is 1. The molecule has 1 heterocycles. The first-order chi connectivity index (χ1) is 3.43. The van der Waals surface area contributed by atoms with Gasteiger partial charge in [0.05, 0.1) is 0 Å². The van der Waals surface area contributed by atoms with E-state index in [0.29, 0.717) is 0 Å². The first kappa shape index (κ1) is 5.53. The fourth-order valence-corrected chi connectivity index (χ4v) is 1.94. The SMILES string of the molecule is O[I-]c1cccs1. The third-order valence-electron chi connectivity index (χ3n) is 0.570. The van der Waals surface area contributed by atoms with Crippen molar-refractivity contribution in [2.24, 2.45) is 0 Å². The summed E-state index contributed by atoms with van der Waals surface area (Å²) in [5.41, 5.74) is 0. The molecule has 0 fully saturated rings. The van der Waals surface area contributed by atoms with Crippen molar-refractivity contribution in [3.8, 4) is 0 Å². The van der Waals surface area contributed by atoms with Crippen molar-refractivity contribution >= 4 is 11.3 Å². The molecule has 0 radical (unpaired) electrons. The third-order valence-corrected chi connectivity index (χ3v) is 3.28. The quantitative estimate of drug-likeness (QED) is 0.546. The molecule has 1 nitrogen and oxygen atoms in total. The molecule has 0 unspecified atom stereocenters. The van der Waals surface area contributed by atoms with Gasteiger partial charge in [0.25, 0.3) is 0 Å². The van der Waals surface area contributed by atoms with E-state index in [2.05, 4.69) is 0 Å². The second-order valence-electron chi connectivity index (χ2n) is 1.00. The standard InChI is InChI=1S/C4H4IOS/c6-5-4-2-1-3-7-4/h1-3,6H/q-1. The van der Waals surface area contributed by atoms with E-state index < -0.39 is 21.6 Å². The molecular weight excluding hydrogens is 223 g/mol. The second-order valence-corrected chi connectivity index (χ2v) is 4.33. The van der Waals surface area contributed by atoms with Crippen LogP contribution in [0.5, 0.6) is 0 Å². The fraction of sp³-hybridized carbons (Fsp3) is 0. The summed E-state index contributed by atoms with van der Waals surface area (Å²) in [5, 5.41) is 1.98. The van der Waals surface area contributed by atoms with Crippen LogP contribution in [0, 0.1) is 2.88 Å². The molecule has 0 aliphatic heterocycles. The van der Waals surface area contributed by atoms with E-state index in [9.17, 15) is 0 Å². The van der Waals surface area contributed by atoms with Crippen molar-refractivity contribution in [1.29, 1.82) is 0 Å². The summed E-state index contributed by atoms with van der Waals surface area (Å²) in [7, 11) is 0. The Kier molecular flexibility index (Phi) is 2.08. The van der Waals surface area contributed by atoms with E-state index in [1.165, 1.54) is 0 Å². The molecule has 0 atom stereocenters. The number of thiophene rings is 1. The normalized spacial score (nSPS) is 9.86. The summed E-state index contributed by atoms with van der Waals surface area (Å²) >= 11 is 0.987. The first-order valence-corrected chi connectivity index (χ1v) is 4.68. The van der Waals surface area contributed by atoms with E-state index in [-0.39, 0.29) is 0 Å². The van der Waals surface area contributed by atoms with Gasteiger partial charge in [0, 0.05) is 0 Å². The molecular formula is C4H4IOS-. The van der Waals surface area contributed by atoms with Crippen LogP contribution in [0.25, 0.3) is 0 Å². The van der Waals surface area contributed by atoms with Crippen LogP contribution in [-0.4, -0.2) is 3.44 Å². The molecule has 1 rings (SSSR count). The van der Waals surface area contributed by atoms with E-state index in [1.807, 2.05) is 17.5 Å². The third kappa shape index (κ3) is 1.40. The predicted octanol–water partition coefficient (Wildman–Crippen LogP) is -2.09. The molecule has 0 aliphatic carbocycles.